The average Bonchev–Trinajstić information content (AvgIpc) is 2.44. The van der Waals surface area contributed by atoms with Crippen molar-refractivity contribution < 1.29 is 20.1 Å². The molecule has 0 saturated heterocycles. The number of aromatic nitrogens is 2. The minimum absolute atomic E-state index is 0.000868. The van der Waals surface area contributed by atoms with Crippen molar-refractivity contribution in [3.8, 4) is 0 Å². The number of carboxylic acids is 1. The number of hydrogen-bond donors (Lipinski definition) is 3. The molecule has 0 aromatic carbocycles. The lowest BCUT2D eigenvalue weighted by Crippen LogP contribution is -2.18. The number of carbonyl (C=O) groups is 1. The van der Waals surface area contributed by atoms with Gasteiger partial charge in [-0.05, 0) is 12.0 Å². The summed E-state index contributed by atoms with van der Waals surface area (Å²) in [5.41, 5.74) is -0.569. The zero-order chi connectivity index (χ0) is 16.9. The number of aliphatic carboxylic acids is 1. The molecule has 0 radical (unpaired) electrons. The van der Waals surface area contributed by atoms with Gasteiger partial charge in [-0.1, -0.05) is 37.0 Å². The third-order valence-electron chi connectivity index (χ3n) is 2.81. The number of hydrogen-bond acceptors (Lipinski definition) is 6. The molecule has 0 aliphatic rings. The maximum Gasteiger partial charge on any atom is 0.341 e. The van der Waals surface area contributed by atoms with Gasteiger partial charge in [0.05, 0.1) is 18.2 Å². The largest absolute Gasteiger partial charge is 0.506 e. The zero-order valence-corrected chi connectivity index (χ0v) is 13.4. The maximum atomic E-state index is 11.3. The molecule has 9 heteroatoms. The summed E-state index contributed by atoms with van der Waals surface area (Å²) in [5.74, 6) is -2.05. The Labute approximate surface area is 136 Å². The number of aliphatic imine (C=N–C) groups is 1. The molecule has 0 bridgehead atoms. The predicted octanol–water partition coefficient (Wildman–Crippen LogP) is 2.22. The second-order valence-electron chi connectivity index (χ2n) is 4.71. The molecule has 1 rings (SSSR count). The Kier molecular flexibility index (Phi) is 6.73. The van der Waals surface area contributed by atoms with Crippen LogP contribution in [0.25, 0.3) is 5.76 Å². The molecule has 1 heterocycles. The fourth-order valence-electron chi connectivity index (χ4n) is 1.48. The summed E-state index contributed by atoms with van der Waals surface area (Å²) in [6.45, 7) is 3.41. The summed E-state index contributed by atoms with van der Waals surface area (Å²) in [7, 11) is 0. The van der Waals surface area contributed by atoms with Crippen molar-refractivity contribution in [2.24, 2.45) is 10.9 Å². The number of nitrogens with zero attached hydrogens (tertiary/aromatic N) is 3. The van der Waals surface area contributed by atoms with Crippen molar-refractivity contribution in [2.45, 2.75) is 19.9 Å². The van der Waals surface area contributed by atoms with Gasteiger partial charge in [0.25, 0.3) is 0 Å². The van der Waals surface area contributed by atoms with Gasteiger partial charge in [-0.2, -0.15) is 0 Å². The molecule has 0 spiro atoms. The third kappa shape index (κ3) is 4.66. The summed E-state index contributed by atoms with van der Waals surface area (Å²) < 4.78 is 0. The fourth-order valence-corrected chi connectivity index (χ4v) is 1.81. The Morgan fingerprint density at radius 2 is 2.00 bits per heavy atom. The van der Waals surface area contributed by atoms with Crippen LogP contribution >= 0.6 is 23.2 Å². The van der Waals surface area contributed by atoms with Gasteiger partial charge >= 0.3 is 5.97 Å². The van der Waals surface area contributed by atoms with E-state index in [4.69, 9.17) is 23.2 Å². The third-order valence-corrected chi connectivity index (χ3v) is 3.28. The van der Waals surface area contributed by atoms with Crippen LogP contribution in [-0.2, 0) is 4.79 Å². The van der Waals surface area contributed by atoms with Crippen molar-refractivity contribution in [1.82, 2.24) is 10.2 Å². The molecule has 0 fully saturated rings. The normalized spacial score (nSPS) is 14.3. The summed E-state index contributed by atoms with van der Waals surface area (Å²) in [4.78, 5) is 15.3. The number of aliphatic hydroxyl groups is 2. The number of rotatable bonds is 6. The lowest BCUT2D eigenvalue weighted by atomic mass is 10.1. The first-order chi connectivity index (χ1) is 10.3. The number of aliphatic hydroxyl groups excluding tert-OH is 2. The lowest BCUT2D eigenvalue weighted by molar-refractivity contribution is -0.132. The van der Waals surface area contributed by atoms with Crippen molar-refractivity contribution in [2.75, 3.05) is 6.61 Å². The average molecular weight is 348 g/mol. The Morgan fingerprint density at radius 3 is 2.50 bits per heavy atom. The van der Waals surface area contributed by atoms with E-state index in [9.17, 15) is 20.1 Å². The molecule has 1 aromatic rings. The highest BCUT2D eigenvalue weighted by atomic mass is 35.5. The van der Waals surface area contributed by atoms with E-state index in [1.54, 1.807) is 0 Å². The molecule has 3 N–H and O–H groups in total. The van der Waals surface area contributed by atoms with Crippen molar-refractivity contribution in [3.63, 3.8) is 0 Å². The Hall–Kier alpha value is -1.70. The Bertz CT molecular complexity index is 617. The van der Waals surface area contributed by atoms with Crippen LogP contribution in [0.5, 0.6) is 0 Å². The standard InChI is InChI=1S/C13H15Cl2N3O4/c1-6(2)9(5-19)16-4-8(13(21)22)11(20)7-3-10(14)17-18-12(7)15/h3-4,6,9,19-20H,5H2,1-2H3,(H,21,22). The summed E-state index contributed by atoms with van der Waals surface area (Å²) >= 11 is 11.4. The predicted molar refractivity (Wildman–Crippen MR) is 83.4 cm³/mol. The highest BCUT2D eigenvalue weighted by Gasteiger charge is 2.19. The number of carboxylic acid groups (broad SMARTS) is 1. The van der Waals surface area contributed by atoms with Crippen LogP contribution in [0.3, 0.4) is 0 Å². The van der Waals surface area contributed by atoms with Crippen LogP contribution in [0.15, 0.2) is 16.6 Å². The van der Waals surface area contributed by atoms with Crippen LogP contribution in [0, 0.1) is 5.92 Å². The molecular formula is C13H15Cl2N3O4. The van der Waals surface area contributed by atoms with Gasteiger partial charge < -0.3 is 15.3 Å². The Morgan fingerprint density at radius 1 is 1.36 bits per heavy atom. The fraction of sp³-hybridized carbons (Fsp3) is 0.385. The second kappa shape index (κ2) is 8.07. The molecule has 1 unspecified atom stereocenters. The summed E-state index contributed by atoms with van der Waals surface area (Å²) in [6, 6.07) is 0.700. The minimum Gasteiger partial charge on any atom is -0.506 e. The van der Waals surface area contributed by atoms with E-state index in [1.807, 2.05) is 13.8 Å². The van der Waals surface area contributed by atoms with Crippen LogP contribution in [0.1, 0.15) is 19.4 Å². The van der Waals surface area contributed by atoms with Gasteiger partial charge in [0.1, 0.15) is 11.3 Å². The van der Waals surface area contributed by atoms with E-state index in [1.165, 1.54) is 6.07 Å². The van der Waals surface area contributed by atoms with Gasteiger partial charge in [0, 0.05) is 6.21 Å². The topological polar surface area (TPSA) is 116 Å². The van der Waals surface area contributed by atoms with Gasteiger partial charge in [0.15, 0.2) is 10.3 Å². The molecule has 22 heavy (non-hydrogen) atoms. The highest BCUT2D eigenvalue weighted by molar-refractivity contribution is 6.33. The van der Waals surface area contributed by atoms with Crippen molar-refractivity contribution in [3.05, 3.63) is 27.5 Å². The zero-order valence-electron chi connectivity index (χ0n) is 11.9. The van der Waals surface area contributed by atoms with Crippen LogP contribution in [0.2, 0.25) is 10.3 Å². The van der Waals surface area contributed by atoms with Crippen molar-refractivity contribution >= 4 is 41.1 Å². The van der Waals surface area contributed by atoms with Crippen LogP contribution in [0.4, 0.5) is 0 Å². The van der Waals surface area contributed by atoms with Crippen molar-refractivity contribution in [1.29, 1.82) is 0 Å². The van der Waals surface area contributed by atoms with E-state index in [2.05, 4.69) is 15.2 Å². The molecule has 0 saturated carbocycles. The van der Waals surface area contributed by atoms with E-state index in [-0.39, 0.29) is 28.4 Å². The van der Waals surface area contributed by atoms with Gasteiger partial charge in [-0.3, -0.25) is 4.99 Å². The first-order valence-corrected chi connectivity index (χ1v) is 7.03. The second-order valence-corrected chi connectivity index (χ2v) is 5.46. The highest BCUT2D eigenvalue weighted by Crippen LogP contribution is 2.24. The van der Waals surface area contributed by atoms with Gasteiger partial charge in [-0.25, -0.2) is 4.79 Å². The lowest BCUT2D eigenvalue weighted by Gasteiger charge is -2.13. The van der Waals surface area contributed by atoms with E-state index in [0.717, 1.165) is 6.21 Å². The summed E-state index contributed by atoms with van der Waals surface area (Å²) in [5, 5.41) is 35.2. The molecule has 7 nitrogen and oxygen atoms in total. The summed E-state index contributed by atoms with van der Waals surface area (Å²) in [6.07, 6.45) is 0.975. The molecule has 0 amide bonds. The van der Waals surface area contributed by atoms with E-state index < -0.39 is 23.3 Å². The monoisotopic (exact) mass is 347 g/mol. The smallest absolute Gasteiger partial charge is 0.341 e. The maximum absolute atomic E-state index is 11.3. The van der Waals surface area contributed by atoms with E-state index >= 15 is 0 Å². The molecule has 120 valence electrons. The minimum atomic E-state index is -1.41. The molecular weight excluding hydrogens is 333 g/mol. The molecule has 1 aromatic heterocycles. The molecule has 0 aliphatic carbocycles. The molecule has 1 atom stereocenters. The van der Waals surface area contributed by atoms with E-state index in [0.29, 0.717) is 0 Å². The van der Waals surface area contributed by atoms with Crippen LogP contribution < -0.4 is 0 Å². The van der Waals surface area contributed by atoms with Crippen LogP contribution in [-0.4, -0.2) is 50.3 Å². The molecule has 0 aliphatic heterocycles. The first-order valence-electron chi connectivity index (χ1n) is 6.27. The number of halogens is 2. The first kappa shape index (κ1) is 18.3. The van der Waals surface area contributed by atoms with Gasteiger partial charge in [0.2, 0.25) is 0 Å². The van der Waals surface area contributed by atoms with Gasteiger partial charge in [-0.15, -0.1) is 10.2 Å². The SMILES string of the molecule is CC(C)C(CO)N=CC(C(=O)O)=C(O)c1cc(Cl)nnc1Cl. The Balaban J connectivity index is 3.31. The quantitative estimate of drug-likeness (QED) is 0.412.